The zero-order chi connectivity index (χ0) is 53.9. The van der Waals surface area contributed by atoms with Gasteiger partial charge < -0.3 is 18.9 Å². The zero-order valence-corrected chi connectivity index (χ0v) is 52.1. The van der Waals surface area contributed by atoms with Crippen molar-refractivity contribution in [1.29, 1.82) is 0 Å². The number of carbonyl (C=O) groups is 4. The van der Waals surface area contributed by atoms with E-state index in [-0.39, 0.29) is 97.0 Å². The number of unbranched alkanes of at least 4 members (excludes halogenated alkanes) is 28. The van der Waals surface area contributed by atoms with Crippen molar-refractivity contribution in [1.82, 2.24) is 0 Å². The van der Waals surface area contributed by atoms with Gasteiger partial charge in [0.1, 0.15) is 31.8 Å². The molecule has 0 amide bonds. The molecule has 0 aromatic rings. The Labute approximate surface area is 468 Å². The third-order valence-electron chi connectivity index (χ3n) is 13.6. The lowest BCUT2D eigenvalue weighted by Gasteiger charge is -2.32. The molecule has 0 aromatic heterocycles. The molecule has 0 spiro atoms. The van der Waals surface area contributed by atoms with Crippen molar-refractivity contribution in [2.45, 2.75) is 308 Å². The highest BCUT2D eigenvalue weighted by atomic mass is 32.2. The van der Waals surface area contributed by atoms with Gasteiger partial charge in [-0.2, -0.15) is 47.0 Å². The highest BCUT2D eigenvalue weighted by Gasteiger charge is 2.38. The van der Waals surface area contributed by atoms with Crippen LogP contribution in [0.2, 0.25) is 0 Å². The summed E-state index contributed by atoms with van der Waals surface area (Å²) in [5.41, 5.74) is -1.27. The number of rotatable bonds is 56. The van der Waals surface area contributed by atoms with Crippen LogP contribution in [0, 0.1) is 5.41 Å². The molecule has 0 saturated carbocycles. The molecule has 0 aliphatic heterocycles. The average Bonchev–Trinajstić information content (AvgIpc) is 3.36. The summed E-state index contributed by atoms with van der Waals surface area (Å²) in [5, 5.41) is 0.275. The van der Waals surface area contributed by atoms with E-state index in [4.69, 9.17) is 18.9 Å². The van der Waals surface area contributed by atoms with E-state index in [0.717, 1.165) is 48.7 Å². The monoisotopic (exact) mass is 1100 g/mol. The second-order valence-corrected chi connectivity index (χ2v) is 27.8. The van der Waals surface area contributed by atoms with E-state index in [0.29, 0.717) is 0 Å². The number of thioether (sulfide) groups is 4. The van der Waals surface area contributed by atoms with E-state index in [1.54, 1.807) is 47.0 Å². The summed E-state index contributed by atoms with van der Waals surface area (Å²) < 4.78 is 24.0. The molecule has 73 heavy (non-hydrogen) atoms. The van der Waals surface area contributed by atoms with Crippen LogP contribution in [0.4, 0.5) is 0 Å². The normalized spacial score (nSPS) is 14.0. The summed E-state index contributed by atoms with van der Waals surface area (Å²) in [6, 6.07) is 0. The van der Waals surface area contributed by atoms with Crippen LogP contribution in [0.5, 0.6) is 0 Å². The highest BCUT2D eigenvalue weighted by molar-refractivity contribution is 8.00. The van der Waals surface area contributed by atoms with E-state index >= 15 is 0 Å². The standard InChI is InChI=1S/C61H116O8S4/c1-9-13-17-21-25-29-33-37-41-70-53(5)45-57(62)66-49-61(50-67-58(63)46-54(6)71-42-38-34-30-26-22-18-14-10-2,51-68-59(64)47-55(7)72-43-39-35-31-27-23-19-15-11-3)52-69-60(65)48-56(8)73-44-40-36-32-28-24-20-16-12-4/h53-56H,9-52H2,1-8H3. The molecular weight excluding hydrogens is 989 g/mol. The van der Waals surface area contributed by atoms with E-state index in [1.165, 1.54) is 180 Å². The Balaban J connectivity index is 5.84. The van der Waals surface area contributed by atoms with Crippen molar-refractivity contribution in [2.75, 3.05) is 49.4 Å². The topological polar surface area (TPSA) is 105 Å². The molecule has 4 atom stereocenters. The maximum atomic E-state index is 13.5. The van der Waals surface area contributed by atoms with Crippen LogP contribution in [0.1, 0.15) is 287 Å². The lowest BCUT2D eigenvalue weighted by molar-refractivity contribution is -0.170. The van der Waals surface area contributed by atoms with E-state index < -0.39 is 5.41 Å². The summed E-state index contributed by atoms with van der Waals surface area (Å²) in [6.07, 6.45) is 41.4. The predicted octanol–water partition coefficient (Wildman–Crippen LogP) is 18.8. The molecule has 0 radical (unpaired) electrons. The Bertz CT molecular complexity index is 1080. The smallest absolute Gasteiger partial charge is 0.306 e. The van der Waals surface area contributed by atoms with Gasteiger partial charge in [0.25, 0.3) is 0 Å². The minimum absolute atomic E-state index is 0.0688. The lowest BCUT2D eigenvalue weighted by Crippen LogP contribution is -2.44. The quantitative estimate of drug-likeness (QED) is 0.0329. The second-order valence-electron chi connectivity index (χ2n) is 21.6. The van der Waals surface area contributed by atoms with Crippen LogP contribution < -0.4 is 0 Å². The molecule has 12 heteroatoms. The van der Waals surface area contributed by atoms with Crippen molar-refractivity contribution in [2.24, 2.45) is 5.41 Å². The number of hydrogen-bond donors (Lipinski definition) is 0. The van der Waals surface area contributed by atoms with Crippen molar-refractivity contribution in [3.63, 3.8) is 0 Å². The van der Waals surface area contributed by atoms with E-state index in [1.807, 2.05) is 0 Å². The Morgan fingerprint density at radius 1 is 0.288 bits per heavy atom. The molecule has 8 nitrogen and oxygen atoms in total. The molecule has 0 rings (SSSR count). The summed E-state index contributed by atoms with van der Waals surface area (Å²) in [6.45, 7) is 16.4. The van der Waals surface area contributed by atoms with Gasteiger partial charge in [0.2, 0.25) is 0 Å². The SMILES string of the molecule is CCCCCCCCCCSC(C)CC(=O)OCC(COC(=O)CC(C)SCCCCCCCCCC)(COC(=O)CC(C)SCCCCCCCCCC)COC(=O)CC(C)SCCCCCCCCCC. The van der Waals surface area contributed by atoms with Gasteiger partial charge in [-0.05, 0) is 48.7 Å². The Hall–Kier alpha value is -0.720. The van der Waals surface area contributed by atoms with Crippen molar-refractivity contribution in [3.8, 4) is 0 Å². The molecule has 0 aliphatic rings. The van der Waals surface area contributed by atoms with Crippen molar-refractivity contribution < 1.29 is 38.1 Å². The minimum atomic E-state index is -1.27. The number of carbonyl (C=O) groups excluding carboxylic acids is 4. The summed E-state index contributed by atoms with van der Waals surface area (Å²) in [7, 11) is 0. The van der Waals surface area contributed by atoms with Gasteiger partial charge in [-0.3, -0.25) is 19.2 Å². The first-order valence-electron chi connectivity index (χ1n) is 30.5. The van der Waals surface area contributed by atoms with Gasteiger partial charge in [0.05, 0.1) is 25.7 Å². The van der Waals surface area contributed by atoms with Crippen LogP contribution in [-0.4, -0.2) is 94.3 Å². The largest absolute Gasteiger partial charge is 0.465 e. The van der Waals surface area contributed by atoms with Crippen LogP contribution in [0.15, 0.2) is 0 Å². The first kappa shape index (κ1) is 72.3. The van der Waals surface area contributed by atoms with E-state index in [9.17, 15) is 19.2 Å². The number of hydrogen-bond acceptors (Lipinski definition) is 12. The van der Waals surface area contributed by atoms with Crippen LogP contribution in [-0.2, 0) is 38.1 Å². The van der Waals surface area contributed by atoms with Gasteiger partial charge in [-0.1, -0.05) is 235 Å². The maximum Gasteiger partial charge on any atom is 0.306 e. The predicted molar refractivity (Wildman–Crippen MR) is 323 cm³/mol. The Morgan fingerprint density at radius 2 is 0.452 bits per heavy atom. The first-order valence-corrected chi connectivity index (χ1v) is 34.7. The zero-order valence-electron chi connectivity index (χ0n) is 48.8. The number of esters is 4. The lowest BCUT2D eigenvalue weighted by atomic mass is 9.92. The Kier molecular flexibility index (Phi) is 52.8. The van der Waals surface area contributed by atoms with E-state index in [2.05, 4.69) is 55.4 Å². The van der Waals surface area contributed by atoms with Crippen LogP contribution in [0.3, 0.4) is 0 Å². The molecule has 0 bridgehead atoms. The van der Waals surface area contributed by atoms with Crippen LogP contribution in [0.25, 0.3) is 0 Å². The van der Waals surface area contributed by atoms with Gasteiger partial charge in [-0.15, -0.1) is 0 Å². The summed E-state index contributed by atoms with van der Waals surface area (Å²) in [4.78, 5) is 54.1. The Morgan fingerprint density at radius 3 is 0.630 bits per heavy atom. The minimum Gasteiger partial charge on any atom is -0.465 e. The first-order chi connectivity index (χ1) is 35.4. The fourth-order valence-electron chi connectivity index (χ4n) is 8.68. The van der Waals surface area contributed by atoms with Crippen LogP contribution >= 0.6 is 47.0 Å². The highest BCUT2D eigenvalue weighted by Crippen LogP contribution is 2.27. The summed E-state index contributed by atoms with van der Waals surface area (Å²) >= 11 is 7.17. The summed E-state index contributed by atoms with van der Waals surface area (Å²) in [5.74, 6) is 2.51. The molecule has 0 saturated heterocycles. The van der Waals surface area contributed by atoms with Gasteiger partial charge in [0, 0.05) is 21.0 Å². The average molecular weight is 1110 g/mol. The van der Waals surface area contributed by atoms with Crippen molar-refractivity contribution >= 4 is 70.9 Å². The molecule has 4 unspecified atom stereocenters. The fourth-order valence-corrected chi connectivity index (χ4v) is 12.8. The molecule has 0 fully saturated rings. The molecule has 0 N–H and O–H groups in total. The molecule has 0 aliphatic carbocycles. The number of ether oxygens (including phenoxy) is 4. The third kappa shape index (κ3) is 49.3. The van der Waals surface area contributed by atoms with Gasteiger partial charge >= 0.3 is 23.9 Å². The molecule has 432 valence electrons. The third-order valence-corrected chi connectivity index (χ3v) is 18.6. The maximum absolute atomic E-state index is 13.5. The van der Waals surface area contributed by atoms with Crippen molar-refractivity contribution in [3.05, 3.63) is 0 Å². The molecular formula is C61H116O8S4. The fraction of sp³-hybridized carbons (Fsp3) is 0.934. The molecule has 0 heterocycles. The molecule has 0 aromatic carbocycles. The van der Waals surface area contributed by atoms with Gasteiger partial charge in [-0.25, -0.2) is 0 Å². The second kappa shape index (κ2) is 53.3. The van der Waals surface area contributed by atoms with Gasteiger partial charge in [0.15, 0.2) is 0 Å².